The van der Waals surface area contributed by atoms with Gasteiger partial charge in [-0.15, -0.1) is 0 Å². The van der Waals surface area contributed by atoms with Gasteiger partial charge in [-0.1, -0.05) is 18.2 Å². The summed E-state index contributed by atoms with van der Waals surface area (Å²) in [6.07, 6.45) is 0. The lowest BCUT2D eigenvalue weighted by molar-refractivity contribution is -0.540. The number of pyridine rings is 1. The van der Waals surface area contributed by atoms with Crippen molar-refractivity contribution in [2.75, 3.05) is 0 Å². The number of aromatic nitrogens is 1. The molecule has 0 spiro atoms. The Kier molecular flexibility index (Phi) is 1.78. The van der Waals surface area contributed by atoms with Crippen LogP contribution in [0.25, 0.3) is 10.9 Å². The highest BCUT2D eigenvalue weighted by molar-refractivity contribution is 5.78. The van der Waals surface area contributed by atoms with E-state index in [2.05, 4.69) is 0 Å². The van der Waals surface area contributed by atoms with Crippen LogP contribution < -0.4 is 5.56 Å². The van der Waals surface area contributed by atoms with Crippen LogP contribution in [0.2, 0.25) is 0 Å². The molecular weight excluding hydrogens is 184 g/mol. The molecule has 0 aliphatic heterocycles. The molecule has 0 saturated carbocycles. The minimum atomic E-state index is -0.718. The number of nitro groups is 1. The van der Waals surface area contributed by atoms with Crippen molar-refractivity contribution in [3.63, 3.8) is 0 Å². The van der Waals surface area contributed by atoms with Gasteiger partial charge in [-0.2, -0.15) is 0 Å². The molecule has 2 rings (SSSR count). The van der Waals surface area contributed by atoms with Crippen molar-refractivity contribution in [2.24, 2.45) is 0 Å². The molecule has 0 unspecified atom stereocenters. The summed E-state index contributed by atoms with van der Waals surface area (Å²) in [5, 5.41) is 10.6. The zero-order chi connectivity index (χ0) is 10.1. The summed E-state index contributed by atoms with van der Waals surface area (Å²) in [6, 6.07) is 9.43. The van der Waals surface area contributed by atoms with Crippen LogP contribution in [0.4, 0.5) is 0 Å². The molecule has 5 nitrogen and oxygen atoms in total. The van der Waals surface area contributed by atoms with Crippen LogP contribution in [0, 0.1) is 10.1 Å². The van der Waals surface area contributed by atoms with Crippen molar-refractivity contribution in [1.82, 2.24) is 4.68 Å². The molecule has 5 heteroatoms. The van der Waals surface area contributed by atoms with Gasteiger partial charge in [0.2, 0.25) is 0 Å². The van der Waals surface area contributed by atoms with Crippen LogP contribution in [0.5, 0.6) is 0 Å². The van der Waals surface area contributed by atoms with Gasteiger partial charge in [0.05, 0.1) is 0 Å². The molecule has 0 aliphatic rings. The van der Waals surface area contributed by atoms with Crippen LogP contribution >= 0.6 is 0 Å². The van der Waals surface area contributed by atoms with E-state index in [4.69, 9.17) is 0 Å². The summed E-state index contributed by atoms with van der Waals surface area (Å²) in [7, 11) is 0. The minimum Gasteiger partial charge on any atom is -0.263 e. The van der Waals surface area contributed by atoms with Crippen molar-refractivity contribution in [1.29, 1.82) is 0 Å². The second-order valence-electron chi connectivity index (χ2n) is 2.78. The third kappa shape index (κ3) is 1.15. The zero-order valence-corrected chi connectivity index (χ0v) is 7.08. The Morgan fingerprint density at radius 2 is 1.86 bits per heavy atom. The van der Waals surface area contributed by atoms with Gasteiger partial charge in [-0.3, -0.25) is 4.79 Å². The first kappa shape index (κ1) is 8.43. The van der Waals surface area contributed by atoms with Gasteiger partial charge in [0, 0.05) is 11.5 Å². The number of para-hydroxylation sites is 1. The molecule has 0 amide bonds. The topological polar surface area (TPSA) is 65.1 Å². The highest BCUT2D eigenvalue weighted by Crippen LogP contribution is 2.09. The van der Waals surface area contributed by atoms with Crippen molar-refractivity contribution >= 4 is 10.9 Å². The summed E-state index contributed by atoms with van der Waals surface area (Å²) in [5.41, 5.74) is -0.321. The van der Waals surface area contributed by atoms with Gasteiger partial charge in [-0.25, -0.2) is 10.1 Å². The lowest BCUT2D eigenvalue weighted by Crippen LogP contribution is -2.25. The van der Waals surface area contributed by atoms with Gasteiger partial charge < -0.3 is 0 Å². The Labute approximate surface area is 78.3 Å². The molecule has 2 aromatic rings. The molecule has 14 heavy (non-hydrogen) atoms. The van der Waals surface area contributed by atoms with Gasteiger partial charge in [0.15, 0.2) is 5.03 Å². The summed E-state index contributed by atoms with van der Waals surface area (Å²) in [6.45, 7) is 0. The van der Waals surface area contributed by atoms with E-state index in [1.807, 2.05) is 0 Å². The molecular formula is C9H6N2O3. The van der Waals surface area contributed by atoms with E-state index in [1.165, 1.54) is 6.07 Å². The maximum atomic E-state index is 11.2. The highest BCUT2D eigenvalue weighted by Gasteiger charge is 2.09. The maximum Gasteiger partial charge on any atom is 0.312 e. The van der Waals surface area contributed by atoms with E-state index in [1.54, 1.807) is 30.3 Å². The molecule has 0 aliphatic carbocycles. The fourth-order valence-electron chi connectivity index (χ4n) is 1.34. The number of nitrogens with zero attached hydrogens (tertiary/aromatic N) is 2. The molecule has 0 saturated heterocycles. The van der Waals surface area contributed by atoms with Crippen LogP contribution in [-0.4, -0.2) is 9.71 Å². The molecule has 1 heterocycles. The summed E-state index contributed by atoms with van der Waals surface area (Å²) < 4.78 is 0.537. The van der Waals surface area contributed by atoms with Gasteiger partial charge in [0.1, 0.15) is 5.52 Å². The van der Waals surface area contributed by atoms with Gasteiger partial charge in [-0.05, 0) is 16.8 Å². The van der Waals surface area contributed by atoms with Crippen molar-refractivity contribution in [3.8, 4) is 0 Å². The van der Waals surface area contributed by atoms with E-state index in [9.17, 15) is 14.9 Å². The van der Waals surface area contributed by atoms with Crippen LogP contribution in [0.15, 0.2) is 41.2 Å². The van der Waals surface area contributed by atoms with E-state index in [0.29, 0.717) is 15.6 Å². The minimum absolute atomic E-state index is 0.310. The lowest BCUT2D eigenvalue weighted by atomic mass is 10.2. The SMILES string of the molecule is O=c1ccc2ccccc2n1[N+](=O)[O-]. The number of hydrogen-bond donors (Lipinski definition) is 0. The Morgan fingerprint density at radius 1 is 1.14 bits per heavy atom. The summed E-state index contributed by atoms with van der Waals surface area (Å²) in [4.78, 5) is 21.8. The first-order valence-electron chi connectivity index (χ1n) is 3.95. The van der Waals surface area contributed by atoms with E-state index in [0.717, 1.165) is 0 Å². The molecule has 70 valence electrons. The Balaban J connectivity index is 2.97. The number of benzene rings is 1. The number of rotatable bonds is 1. The average molecular weight is 190 g/mol. The van der Waals surface area contributed by atoms with Gasteiger partial charge in [0.25, 0.3) is 0 Å². The second kappa shape index (κ2) is 2.95. The van der Waals surface area contributed by atoms with Crippen LogP contribution in [0.1, 0.15) is 0 Å². The third-order valence-electron chi connectivity index (χ3n) is 1.94. The first-order valence-corrected chi connectivity index (χ1v) is 3.95. The normalized spacial score (nSPS) is 10.3. The Morgan fingerprint density at radius 3 is 2.57 bits per heavy atom. The Hall–Kier alpha value is -2.17. The van der Waals surface area contributed by atoms with Crippen LogP contribution in [-0.2, 0) is 0 Å². The fraction of sp³-hybridized carbons (Fsp3) is 0. The maximum absolute atomic E-state index is 11.2. The van der Waals surface area contributed by atoms with Crippen molar-refractivity contribution < 1.29 is 5.03 Å². The third-order valence-corrected chi connectivity index (χ3v) is 1.94. The molecule has 0 bridgehead atoms. The monoisotopic (exact) mass is 190 g/mol. The molecule has 1 aromatic heterocycles. The second-order valence-corrected chi connectivity index (χ2v) is 2.78. The summed E-state index contributed by atoms with van der Waals surface area (Å²) in [5.74, 6) is 0. The largest absolute Gasteiger partial charge is 0.312 e. The number of fused-ring (bicyclic) bond motifs is 1. The van der Waals surface area contributed by atoms with Gasteiger partial charge >= 0.3 is 5.56 Å². The molecule has 1 aromatic carbocycles. The quantitative estimate of drug-likeness (QED) is 0.498. The zero-order valence-electron chi connectivity index (χ0n) is 7.08. The van der Waals surface area contributed by atoms with Crippen molar-refractivity contribution in [2.45, 2.75) is 0 Å². The predicted molar refractivity (Wildman–Crippen MR) is 50.6 cm³/mol. The predicted octanol–water partition coefficient (Wildman–Crippen LogP) is 1.04. The van der Waals surface area contributed by atoms with Crippen molar-refractivity contribution in [3.05, 3.63) is 56.9 Å². The fourth-order valence-corrected chi connectivity index (χ4v) is 1.34. The molecule has 0 N–H and O–H groups in total. The smallest absolute Gasteiger partial charge is 0.263 e. The van der Waals surface area contributed by atoms with E-state index < -0.39 is 10.6 Å². The molecule has 0 atom stereocenters. The highest BCUT2D eigenvalue weighted by atomic mass is 16.7. The van der Waals surface area contributed by atoms with Crippen LogP contribution in [0.3, 0.4) is 0 Å². The number of hydrogen-bond acceptors (Lipinski definition) is 3. The first-order chi connectivity index (χ1) is 6.70. The standard InChI is InChI=1S/C9H6N2O3/c12-9-6-5-7-3-1-2-4-8(7)10(9)11(13)14/h1-6H. The molecule has 0 fully saturated rings. The average Bonchev–Trinajstić information content (AvgIpc) is 2.17. The molecule has 0 radical (unpaired) electrons. The lowest BCUT2D eigenvalue weighted by Gasteiger charge is -1.99. The summed E-state index contributed by atoms with van der Waals surface area (Å²) >= 11 is 0. The van der Waals surface area contributed by atoms with E-state index in [-0.39, 0.29) is 0 Å². The van der Waals surface area contributed by atoms with E-state index >= 15 is 0 Å². The Bertz CT molecular complexity index is 559.